The number of hydrogen-bond acceptors (Lipinski definition) is 2. The molecule has 1 aliphatic rings. The van der Waals surface area contributed by atoms with Gasteiger partial charge < -0.3 is 0 Å². The lowest BCUT2D eigenvalue weighted by atomic mass is 9.80. The second-order valence-corrected chi connectivity index (χ2v) is 9.52. The van der Waals surface area contributed by atoms with Crippen molar-refractivity contribution in [1.82, 2.24) is 0 Å². The van der Waals surface area contributed by atoms with Crippen molar-refractivity contribution in [2.24, 2.45) is 10.9 Å². The van der Waals surface area contributed by atoms with E-state index < -0.39 is 17.5 Å². The summed E-state index contributed by atoms with van der Waals surface area (Å²) in [7, 11) is 0. The standard InChI is InChI=1S/C32H26F3NS/c1-3-4-5-22-8-13-27-26(17-22)19-29(33)28(32(27)35)14-9-23-6-11-25(21(2)16-23)12-7-24-10-15-31(36-20-37)30(34)18-24/h6,10-11,15-16,18-19,22H,3-5,8,13,17H2,1-2H3. The Bertz CT molecular complexity index is 1510. The lowest BCUT2D eigenvalue weighted by molar-refractivity contribution is 0.402. The molecule has 0 saturated carbocycles. The van der Waals surface area contributed by atoms with Gasteiger partial charge in [-0.05, 0) is 103 Å². The van der Waals surface area contributed by atoms with E-state index in [4.69, 9.17) is 0 Å². The number of fused-ring (bicyclic) bond motifs is 1. The molecule has 0 aliphatic heterocycles. The third-order valence-electron chi connectivity index (χ3n) is 6.70. The molecule has 37 heavy (non-hydrogen) atoms. The lowest BCUT2D eigenvalue weighted by Crippen LogP contribution is -2.17. The molecule has 5 heteroatoms. The number of nitrogens with zero attached hydrogens (tertiary/aromatic N) is 1. The average Bonchev–Trinajstić information content (AvgIpc) is 2.88. The van der Waals surface area contributed by atoms with Crippen LogP contribution in [0.1, 0.15) is 71.6 Å². The maximum absolute atomic E-state index is 15.2. The second-order valence-electron chi connectivity index (χ2n) is 9.34. The molecule has 0 amide bonds. The highest BCUT2D eigenvalue weighted by molar-refractivity contribution is 7.78. The first-order valence-corrected chi connectivity index (χ1v) is 12.8. The Morgan fingerprint density at radius 1 is 0.946 bits per heavy atom. The molecular formula is C32H26F3NS. The van der Waals surface area contributed by atoms with E-state index in [1.807, 2.05) is 13.0 Å². The molecule has 4 rings (SSSR count). The van der Waals surface area contributed by atoms with Crippen LogP contribution in [0.5, 0.6) is 0 Å². The van der Waals surface area contributed by atoms with E-state index in [-0.39, 0.29) is 11.3 Å². The first kappa shape index (κ1) is 26.4. The van der Waals surface area contributed by atoms with Gasteiger partial charge in [-0.2, -0.15) is 4.99 Å². The topological polar surface area (TPSA) is 12.4 Å². The van der Waals surface area contributed by atoms with Gasteiger partial charge in [0.25, 0.3) is 0 Å². The van der Waals surface area contributed by atoms with Crippen molar-refractivity contribution in [2.45, 2.75) is 52.4 Å². The smallest absolute Gasteiger partial charge is 0.150 e. The highest BCUT2D eigenvalue weighted by atomic mass is 32.1. The normalized spacial score (nSPS) is 13.9. The summed E-state index contributed by atoms with van der Waals surface area (Å²) >= 11 is 4.51. The summed E-state index contributed by atoms with van der Waals surface area (Å²) in [6.07, 6.45) is 5.68. The molecule has 3 aromatic rings. The van der Waals surface area contributed by atoms with Gasteiger partial charge in [0.1, 0.15) is 17.3 Å². The van der Waals surface area contributed by atoms with Crippen LogP contribution in [0.4, 0.5) is 18.9 Å². The van der Waals surface area contributed by atoms with Crippen molar-refractivity contribution >= 4 is 23.1 Å². The minimum Gasteiger partial charge on any atom is -0.206 e. The monoisotopic (exact) mass is 513 g/mol. The summed E-state index contributed by atoms with van der Waals surface area (Å²) in [5.74, 6) is 10.4. The van der Waals surface area contributed by atoms with Crippen molar-refractivity contribution in [1.29, 1.82) is 0 Å². The molecule has 0 N–H and O–H groups in total. The maximum atomic E-state index is 15.2. The van der Waals surface area contributed by atoms with Crippen LogP contribution in [-0.4, -0.2) is 5.16 Å². The van der Waals surface area contributed by atoms with Crippen LogP contribution in [0, 0.1) is 54.0 Å². The van der Waals surface area contributed by atoms with Crippen LogP contribution in [0.15, 0.2) is 47.5 Å². The Morgan fingerprint density at radius 3 is 2.43 bits per heavy atom. The molecule has 0 saturated heterocycles. The van der Waals surface area contributed by atoms with Gasteiger partial charge >= 0.3 is 0 Å². The van der Waals surface area contributed by atoms with E-state index in [1.165, 1.54) is 18.2 Å². The van der Waals surface area contributed by atoms with Gasteiger partial charge in [0.05, 0.1) is 10.7 Å². The van der Waals surface area contributed by atoms with E-state index in [0.717, 1.165) is 48.8 Å². The summed E-state index contributed by atoms with van der Waals surface area (Å²) in [4.78, 5) is 3.66. The van der Waals surface area contributed by atoms with Gasteiger partial charge in [0.2, 0.25) is 0 Å². The number of thiocarbonyl (C=S) groups is 1. The summed E-state index contributed by atoms with van der Waals surface area (Å²) in [5, 5.41) is 2.14. The summed E-state index contributed by atoms with van der Waals surface area (Å²) in [6.45, 7) is 4.04. The Hall–Kier alpha value is -3.63. The Kier molecular flexibility index (Phi) is 8.62. The highest BCUT2D eigenvalue weighted by Gasteiger charge is 2.24. The predicted octanol–water partition coefficient (Wildman–Crippen LogP) is 8.24. The van der Waals surface area contributed by atoms with Gasteiger partial charge in [-0.15, -0.1) is 0 Å². The van der Waals surface area contributed by atoms with E-state index >= 15 is 4.39 Å². The van der Waals surface area contributed by atoms with Crippen LogP contribution in [0.2, 0.25) is 0 Å². The van der Waals surface area contributed by atoms with Gasteiger partial charge in [0.15, 0.2) is 5.82 Å². The van der Waals surface area contributed by atoms with Crippen molar-refractivity contribution in [3.8, 4) is 23.7 Å². The molecule has 0 bridgehead atoms. The molecule has 0 radical (unpaired) electrons. The first-order chi connectivity index (χ1) is 17.9. The number of rotatable bonds is 4. The maximum Gasteiger partial charge on any atom is 0.150 e. The van der Waals surface area contributed by atoms with E-state index in [1.54, 1.807) is 18.2 Å². The number of hydrogen-bond donors (Lipinski definition) is 0. The van der Waals surface area contributed by atoms with Gasteiger partial charge in [-0.3, -0.25) is 0 Å². The zero-order valence-corrected chi connectivity index (χ0v) is 21.7. The molecule has 1 aliphatic carbocycles. The fraction of sp³-hybridized carbons (Fsp3) is 0.281. The van der Waals surface area contributed by atoms with Gasteiger partial charge in [0, 0.05) is 16.7 Å². The van der Waals surface area contributed by atoms with Crippen LogP contribution >= 0.6 is 12.2 Å². The quantitative estimate of drug-likeness (QED) is 0.194. The number of benzene rings is 3. The van der Waals surface area contributed by atoms with E-state index in [0.29, 0.717) is 29.0 Å². The number of halogens is 3. The second kappa shape index (κ2) is 12.1. The molecule has 1 unspecified atom stereocenters. The number of aliphatic imine (C=N–C) groups is 1. The third kappa shape index (κ3) is 6.39. The fourth-order valence-corrected chi connectivity index (χ4v) is 4.76. The van der Waals surface area contributed by atoms with Crippen molar-refractivity contribution in [3.63, 3.8) is 0 Å². The number of aryl methyl sites for hydroxylation is 1. The van der Waals surface area contributed by atoms with E-state index in [9.17, 15) is 8.78 Å². The third-order valence-corrected chi connectivity index (χ3v) is 6.79. The van der Waals surface area contributed by atoms with Gasteiger partial charge in [-0.25, -0.2) is 13.2 Å². The number of unbranched alkanes of at least 4 members (excludes halogenated alkanes) is 1. The summed E-state index contributed by atoms with van der Waals surface area (Å²) in [5.41, 5.74) is 4.07. The SMILES string of the molecule is CCCCC1CCc2c(cc(F)c(C#Cc3ccc(C#Cc4ccc(N=C=S)c(F)c4)c(C)c3)c2F)C1. The highest BCUT2D eigenvalue weighted by Crippen LogP contribution is 2.32. The molecule has 0 aromatic heterocycles. The largest absolute Gasteiger partial charge is 0.206 e. The van der Waals surface area contributed by atoms with Crippen LogP contribution in [-0.2, 0) is 12.8 Å². The minimum atomic E-state index is -0.603. The molecule has 0 fully saturated rings. The van der Waals surface area contributed by atoms with Gasteiger partial charge in [-0.1, -0.05) is 49.9 Å². The molecule has 1 nitrogen and oxygen atoms in total. The molecule has 3 aromatic carbocycles. The predicted molar refractivity (Wildman–Crippen MR) is 146 cm³/mol. The average molecular weight is 514 g/mol. The molecule has 0 spiro atoms. The molecule has 186 valence electrons. The Balaban J connectivity index is 1.53. The first-order valence-electron chi connectivity index (χ1n) is 12.4. The van der Waals surface area contributed by atoms with Crippen molar-refractivity contribution < 1.29 is 13.2 Å². The molecule has 1 atom stereocenters. The summed E-state index contributed by atoms with van der Waals surface area (Å²) in [6, 6.07) is 11.3. The van der Waals surface area contributed by atoms with Crippen LogP contribution in [0.25, 0.3) is 0 Å². The summed E-state index contributed by atoms with van der Waals surface area (Å²) < 4.78 is 44.0. The zero-order valence-electron chi connectivity index (χ0n) is 20.9. The lowest BCUT2D eigenvalue weighted by Gasteiger charge is -2.25. The van der Waals surface area contributed by atoms with Crippen LogP contribution in [0.3, 0.4) is 0 Å². The van der Waals surface area contributed by atoms with Crippen molar-refractivity contribution in [3.05, 3.63) is 98.9 Å². The Morgan fingerprint density at radius 2 is 1.70 bits per heavy atom. The van der Waals surface area contributed by atoms with Crippen LogP contribution < -0.4 is 0 Å². The number of isothiocyanates is 1. The Labute approximate surface area is 221 Å². The minimum absolute atomic E-state index is 0.114. The van der Waals surface area contributed by atoms with E-state index in [2.05, 4.69) is 53.0 Å². The van der Waals surface area contributed by atoms with Crippen molar-refractivity contribution in [2.75, 3.05) is 0 Å². The fourth-order valence-electron chi connectivity index (χ4n) is 4.66. The molecular weight excluding hydrogens is 487 g/mol. The zero-order chi connectivity index (χ0) is 26.4. The molecule has 0 heterocycles.